The molecule has 10 rings (SSSR count). The Morgan fingerprint density at radius 2 is 1.02 bits per heavy atom. The molecule has 0 atom stereocenters. The topological polar surface area (TPSA) is 56.5 Å². The average Bonchev–Trinajstić information content (AvgIpc) is 3.84. The Morgan fingerprint density at radius 3 is 1.77 bits per heavy atom. The molecule has 0 aliphatic carbocycles. The second kappa shape index (κ2) is 10.4. The summed E-state index contributed by atoms with van der Waals surface area (Å²) in [6.07, 6.45) is 0. The predicted octanol–water partition coefficient (Wildman–Crippen LogP) is 10.9. The van der Waals surface area contributed by atoms with Gasteiger partial charge in [-0.05, 0) is 36.4 Å². The van der Waals surface area contributed by atoms with Gasteiger partial charge < -0.3 is 0 Å². The van der Waals surface area contributed by atoms with Gasteiger partial charge >= 0.3 is 0 Å². The van der Waals surface area contributed by atoms with Crippen LogP contribution in [0.25, 0.3) is 91.5 Å². The fourth-order valence-corrected chi connectivity index (χ4v) is 8.89. The maximum Gasteiger partial charge on any atom is 0.238 e. The summed E-state index contributed by atoms with van der Waals surface area (Å²) in [6.45, 7) is 0. The maximum absolute atomic E-state index is 5.26. The second-order valence-electron chi connectivity index (χ2n) is 11.5. The number of thiazole rings is 1. The minimum absolute atomic E-state index is 0.588. The van der Waals surface area contributed by atoms with Crippen LogP contribution in [0.5, 0.6) is 0 Å². The molecule has 0 saturated carbocycles. The molecule has 0 saturated heterocycles. The molecule has 7 heteroatoms. The third-order valence-electron chi connectivity index (χ3n) is 8.73. The van der Waals surface area contributed by atoms with E-state index in [0.717, 1.165) is 53.7 Å². The van der Waals surface area contributed by atoms with Gasteiger partial charge in [0.2, 0.25) is 5.95 Å². The van der Waals surface area contributed by atoms with Crippen molar-refractivity contribution in [1.29, 1.82) is 0 Å². The minimum Gasteiger partial charge on any atom is -0.278 e. The highest BCUT2D eigenvalue weighted by atomic mass is 32.1. The van der Waals surface area contributed by atoms with Gasteiger partial charge in [-0.25, -0.2) is 9.97 Å². The number of thiophene rings is 1. The van der Waals surface area contributed by atoms with Gasteiger partial charge in [0.05, 0.1) is 21.3 Å². The molecular weight excluding hydrogens is 615 g/mol. The van der Waals surface area contributed by atoms with Gasteiger partial charge in [0.15, 0.2) is 11.6 Å². The Morgan fingerprint density at radius 1 is 0.426 bits per heavy atom. The van der Waals surface area contributed by atoms with Gasteiger partial charge in [0.25, 0.3) is 0 Å². The molecule has 0 amide bonds. The molecule has 0 bridgehead atoms. The fraction of sp³-hybridized carbons (Fsp3) is 0. The Labute approximate surface area is 277 Å². The summed E-state index contributed by atoms with van der Waals surface area (Å²) in [6, 6.07) is 48.5. The average molecular weight is 638 g/mol. The van der Waals surface area contributed by atoms with Crippen LogP contribution in [0, 0.1) is 0 Å². The summed E-state index contributed by atoms with van der Waals surface area (Å²) >= 11 is 3.45. The molecule has 0 spiro atoms. The van der Waals surface area contributed by atoms with Crippen molar-refractivity contribution in [1.82, 2.24) is 24.5 Å². The van der Waals surface area contributed by atoms with Crippen LogP contribution in [0.15, 0.2) is 140 Å². The lowest BCUT2D eigenvalue weighted by Gasteiger charge is -2.11. The van der Waals surface area contributed by atoms with Crippen molar-refractivity contribution >= 4 is 74.9 Å². The standard InChI is InChI=1S/C40H23N5S2/c1-2-12-24(13-3-1)39-41-31-20-11-19-30(36(31)47-39)38-42-37(29-18-10-17-28-27-16-6-9-23-34(27)46-35(28)29)43-40(44-38)45-32-21-7-4-14-25(32)26-15-5-8-22-33(26)45/h1-23H. The van der Waals surface area contributed by atoms with E-state index in [4.69, 9.17) is 19.9 Å². The number of para-hydroxylation sites is 2. The molecular formula is C40H23N5S2. The molecule has 220 valence electrons. The molecule has 0 aliphatic rings. The number of hydrogen-bond donors (Lipinski definition) is 0. The van der Waals surface area contributed by atoms with E-state index in [-0.39, 0.29) is 0 Å². The molecule has 5 nitrogen and oxygen atoms in total. The van der Waals surface area contributed by atoms with Crippen molar-refractivity contribution in [2.24, 2.45) is 0 Å². The first-order valence-corrected chi connectivity index (χ1v) is 17.0. The summed E-state index contributed by atoms with van der Waals surface area (Å²) in [5, 5.41) is 5.75. The fourth-order valence-electron chi connectivity index (χ4n) is 6.60. The molecule has 6 aromatic carbocycles. The Balaban J connectivity index is 1.28. The number of hydrogen-bond acceptors (Lipinski definition) is 6. The zero-order valence-electron chi connectivity index (χ0n) is 24.8. The highest BCUT2D eigenvalue weighted by Crippen LogP contribution is 2.41. The van der Waals surface area contributed by atoms with Crippen LogP contribution < -0.4 is 0 Å². The van der Waals surface area contributed by atoms with Crippen molar-refractivity contribution < 1.29 is 0 Å². The minimum atomic E-state index is 0.588. The molecule has 4 heterocycles. The van der Waals surface area contributed by atoms with Crippen molar-refractivity contribution in [3.05, 3.63) is 140 Å². The van der Waals surface area contributed by atoms with Crippen molar-refractivity contribution in [3.8, 4) is 39.3 Å². The Hall–Kier alpha value is -5.76. The van der Waals surface area contributed by atoms with E-state index in [2.05, 4.69) is 120 Å². The van der Waals surface area contributed by atoms with E-state index in [9.17, 15) is 0 Å². The van der Waals surface area contributed by atoms with Crippen LogP contribution in [0.3, 0.4) is 0 Å². The van der Waals surface area contributed by atoms with E-state index in [1.54, 1.807) is 22.7 Å². The van der Waals surface area contributed by atoms with Gasteiger partial charge in [-0.2, -0.15) is 9.97 Å². The second-order valence-corrected chi connectivity index (χ2v) is 13.5. The monoisotopic (exact) mass is 637 g/mol. The Kier molecular flexibility index (Phi) is 5.85. The Bertz CT molecular complexity index is 2760. The number of fused-ring (bicyclic) bond motifs is 7. The van der Waals surface area contributed by atoms with E-state index >= 15 is 0 Å². The SMILES string of the molecule is c1ccc(-c2nc3cccc(-c4nc(-c5cccc6c5sc5ccccc56)nc(-n5c6ccccc6c6ccccc65)n4)c3s2)cc1. The number of aromatic nitrogens is 5. The van der Waals surface area contributed by atoms with Crippen molar-refractivity contribution in [3.63, 3.8) is 0 Å². The lowest BCUT2D eigenvalue weighted by molar-refractivity contribution is 0.955. The molecule has 0 radical (unpaired) electrons. The summed E-state index contributed by atoms with van der Waals surface area (Å²) in [7, 11) is 0. The first-order valence-electron chi connectivity index (χ1n) is 15.4. The molecule has 10 aromatic rings. The molecule has 0 fully saturated rings. The summed E-state index contributed by atoms with van der Waals surface area (Å²) in [4.78, 5) is 20.8. The first-order chi connectivity index (χ1) is 23.3. The van der Waals surface area contributed by atoms with Gasteiger partial charge in [-0.15, -0.1) is 22.7 Å². The first kappa shape index (κ1) is 26.5. The van der Waals surface area contributed by atoms with Gasteiger partial charge in [-0.3, -0.25) is 4.57 Å². The number of rotatable bonds is 4. The molecule has 0 N–H and O–H groups in total. The van der Waals surface area contributed by atoms with Gasteiger partial charge in [0, 0.05) is 47.6 Å². The highest BCUT2D eigenvalue weighted by molar-refractivity contribution is 7.26. The number of nitrogens with zero attached hydrogens (tertiary/aromatic N) is 5. The van der Waals surface area contributed by atoms with Crippen molar-refractivity contribution in [2.45, 2.75) is 0 Å². The van der Waals surface area contributed by atoms with Crippen LogP contribution in [0.2, 0.25) is 0 Å². The zero-order chi connectivity index (χ0) is 30.9. The van der Waals surface area contributed by atoms with Crippen LogP contribution in [0.4, 0.5) is 0 Å². The van der Waals surface area contributed by atoms with Crippen LogP contribution in [0.1, 0.15) is 0 Å². The smallest absolute Gasteiger partial charge is 0.238 e. The molecule has 4 aromatic heterocycles. The predicted molar refractivity (Wildman–Crippen MR) is 197 cm³/mol. The van der Waals surface area contributed by atoms with Crippen molar-refractivity contribution in [2.75, 3.05) is 0 Å². The molecule has 0 unspecified atom stereocenters. The van der Waals surface area contributed by atoms with Gasteiger partial charge in [-0.1, -0.05) is 103 Å². The quantitative estimate of drug-likeness (QED) is 0.193. The van der Waals surface area contributed by atoms with E-state index in [1.807, 2.05) is 24.3 Å². The maximum atomic E-state index is 5.26. The zero-order valence-corrected chi connectivity index (χ0v) is 26.5. The lowest BCUT2D eigenvalue weighted by atomic mass is 10.1. The lowest BCUT2D eigenvalue weighted by Crippen LogP contribution is -2.06. The largest absolute Gasteiger partial charge is 0.278 e. The summed E-state index contributed by atoms with van der Waals surface area (Å²) in [5.41, 5.74) is 6.07. The summed E-state index contributed by atoms with van der Waals surface area (Å²) < 4.78 is 5.64. The van der Waals surface area contributed by atoms with Crippen LogP contribution in [-0.4, -0.2) is 24.5 Å². The molecule has 0 aliphatic heterocycles. The van der Waals surface area contributed by atoms with E-state index < -0.39 is 0 Å². The normalized spacial score (nSPS) is 11.8. The van der Waals surface area contributed by atoms with Crippen LogP contribution >= 0.6 is 22.7 Å². The van der Waals surface area contributed by atoms with E-state index in [1.165, 1.54) is 20.2 Å². The third kappa shape index (κ3) is 4.14. The highest BCUT2D eigenvalue weighted by Gasteiger charge is 2.21. The van der Waals surface area contributed by atoms with E-state index in [0.29, 0.717) is 17.6 Å². The van der Waals surface area contributed by atoms with Crippen LogP contribution in [-0.2, 0) is 0 Å². The van der Waals surface area contributed by atoms with Gasteiger partial charge in [0.1, 0.15) is 5.01 Å². The molecule has 47 heavy (non-hydrogen) atoms. The third-order valence-corrected chi connectivity index (χ3v) is 11.1. The number of benzene rings is 6. The summed E-state index contributed by atoms with van der Waals surface area (Å²) in [5.74, 6) is 1.86.